The van der Waals surface area contributed by atoms with Crippen molar-refractivity contribution in [1.82, 2.24) is 0 Å². The predicted octanol–water partition coefficient (Wildman–Crippen LogP) is 1.88. The summed E-state index contributed by atoms with van der Waals surface area (Å²) < 4.78 is 4.86. The van der Waals surface area contributed by atoms with Gasteiger partial charge in [-0.3, -0.25) is 0 Å². The molecular formula is C11H17NO3. The third-order valence-corrected chi connectivity index (χ3v) is 3.49. The molecule has 1 fully saturated rings. The van der Waals surface area contributed by atoms with Gasteiger partial charge in [0, 0.05) is 6.42 Å². The summed E-state index contributed by atoms with van der Waals surface area (Å²) in [6.45, 7) is 1.93. The van der Waals surface area contributed by atoms with Gasteiger partial charge in [0.15, 0.2) is 0 Å². The van der Waals surface area contributed by atoms with Crippen molar-refractivity contribution >= 4 is 11.7 Å². The van der Waals surface area contributed by atoms with Crippen LogP contribution in [0.2, 0.25) is 0 Å². The Balaban J connectivity index is 2.29. The zero-order chi connectivity index (χ0) is 10.9. The first-order valence-electron chi connectivity index (χ1n) is 5.52. The third kappa shape index (κ3) is 1.52. The van der Waals surface area contributed by atoms with Crippen molar-refractivity contribution in [2.24, 2.45) is 11.1 Å². The van der Waals surface area contributed by atoms with Crippen LogP contribution in [-0.4, -0.2) is 24.4 Å². The molecule has 1 aliphatic heterocycles. The number of hydrogen-bond acceptors (Lipinski definition) is 4. The van der Waals surface area contributed by atoms with E-state index in [1.165, 1.54) is 7.11 Å². The van der Waals surface area contributed by atoms with Crippen LogP contribution in [0.25, 0.3) is 0 Å². The van der Waals surface area contributed by atoms with Gasteiger partial charge in [-0.25, -0.2) is 4.79 Å². The number of carbonyl (C=O) groups is 1. The smallest absolute Gasteiger partial charge is 0.353 e. The fourth-order valence-electron chi connectivity index (χ4n) is 2.65. The third-order valence-electron chi connectivity index (χ3n) is 3.49. The number of ether oxygens (including phenoxy) is 1. The maximum atomic E-state index is 11.8. The van der Waals surface area contributed by atoms with Crippen LogP contribution in [0.3, 0.4) is 0 Å². The quantitative estimate of drug-likeness (QED) is 0.622. The topological polar surface area (TPSA) is 47.9 Å². The second kappa shape index (κ2) is 3.83. The van der Waals surface area contributed by atoms with Crippen molar-refractivity contribution in [2.45, 2.75) is 44.6 Å². The zero-order valence-electron chi connectivity index (χ0n) is 9.28. The van der Waals surface area contributed by atoms with Crippen LogP contribution in [0, 0.1) is 5.92 Å². The minimum absolute atomic E-state index is 0.118. The van der Waals surface area contributed by atoms with E-state index in [1.54, 1.807) is 0 Å². The molecule has 0 saturated heterocycles. The SMILES string of the molecule is COC(=O)C12CCCCCC1C(C)=NO2. The van der Waals surface area contributed by atoms with E-state index in [-0.39, 0.29) is 11.9 Å². The van der Waals surface area contributed by atoms with Crippen molar-refractivity contribution in [3.8, 4) is 0 Å². The molecule has 84 valence electrons. The van der Waals surface area contributed by atoms with Gasteiger partial charge in [-0.05, 0) is 19.8 Å². The summed E-state index contributed by atoms with van der Waals surface area (Å²) in [5, 5.41) is 3.98. The number of fused-ring (bicyclic) bond motifs is 1. The van der Waals surface area contributed by atoms with Gasteiger partial charge in [-0.15, -0.1) is 0 Å². The molecule has 0 spiro atoms. The Bertz CT molecular complexity index is 300. The van der Waals surface area contributed by atoms with Gasteiger partial charge >= 0.3 is 5.97 Å². The summed E-state index contributed by atoms with van der Waals surface area (Å²) in [5.41, 5.74) is 0.123. The molecule has 1 heterocycles. The van der Waals surface area contributed by atoms with Crippen molar-refractivity contribution in [3.63, 3.8) is 0 Å². The first-order chi connectivity index (χ1) is 7.20. The first kappa shape index (κ1) is 10.5. The first-order valence-corrected chi connectivity index (χ1v) is 5.52. The molecule has 1 saturated carbocycles. The van der Waals surface area contributed by atoms with Gasteiger partial charge in [-0.2, -0.15) is 0 Å². The fourth-order valence-corrected chi connectivity index (χ4v) is 2.65. The Morgan fingerprint density at radius 2 is 2.33 bits per heavy atom. The molecule has 0 aromatic heterocycles. The Hall–Kier alpha value is -1.06. The molecular weight excluding hydrogens is 194 g/mol. The predicted molar refractivity (Wildman–Crippen MR) is 55.5 cm³/mol. The highest BCUT2D eigenvalue weighted by molar-refractivity contribution is 5.94. The summed E-state index contributed by atoms with van der Waals surface area (Å²) in [7, 11) is 1.41. The molecule has 0 amide bonds. The Morgan fingerprint density at radius 1 is 1.53 bits per heavy atom. The maximum absolute atomic E-state index is 11.8. The van der Waals surface area contributed by atoms with Gasteiger partial charge in [-0.1, -0.05) is 18.0 Å². The number of methoxy groups -OCH3 is 1. The van der Waals surface area contributed by atoms with E-state index in [0.29, 0.717) is 0 Å². The molecule has 0 N–H and O–H groups in total. The van der Waals surface area contributed by atoms with Crippen LogP contribution in [0.1, 0.15) is 39.0 Å². The lowest BCUT2D eigenvalue weighted by molar-refractivity contribution is -0.171. The Labute approximate surface area is 89.6 Å². The molecule has 15 heavy (non-hydrogen) atoms. The van der Waals surface area contributed by atoms with Crippen LogP contribution in [0.4, 0.5) is 0 Å². The maximum Gasteiger partial charge on any atom is 0.353 e. The van der Waals surface area contributed by atoms with Gasteiger partial charge in [0.2, 0.25) is 5.60 Å². The van der Waals surface area contributed by atoms with Gasteiger partial charge in [0.05, 0.1) is 18.7 Å². The van der Waals surface area contributed by atoms with E-state index >= 15 is 0 Å². The van der Waals surface area contributed by atoms with Crippen molar-refractivity contribution in [1.29, 1.82) is 0 Å². The largest absolute Gasteiger partial charge is 0.466 e. The molecule has 1 aliphatic carbocycles. The van der Waals surface area contributed by atoms with Crippen molar-refractivity contribution < 1.29 is 14.4 Å². The number of oxime groups is 1. The molecule has 4 heteroatoms. The summed E-state index contributed by atoms with van der Waals surface area (Å²) in [6.07, 6.45) is 5.01. The Kier molecular flexibility index (Phi) is 2.67. The number of rotatable bonds is 1. The molecule has 0 radical (unpaired) electrons. The molecule has 2 aliphatic rings. The summed E-state index contributed by atoms with van der Waals surface area (Å²) in [4.78, 5) is 17.3. The summed E-state index contributed by atoms with van der Waals surface area (Å²) in [5.74, 6) is -0.151. The van der Waals surface area contributed by atoms with Gasteiger partial charge in [0.1, 0.15) is 0 Å². The second-order valence-corrected chi connectivity index (χ2v) is 4.36. The van der Waals surface area contributed by atoms with Crippen molar-refractivity contribution in [3.05, 3.63) is 0 Å². The van der Waals surface area contributed by atoms with Crippen LogP contribution in [0.5, 0.6) is 0 Å². The van der Waals surface area contributed by atoms with E-state index in [1.807, 2.05) is 6.92 Å². The number of carbonyl (C=O) groups excluding carboxylic acids is 1. The molecule has 2 atom stereocenters. The minimum atomic E-state index is -0.810. The summed E-state index contributed by atoms with van der Waals surface area (Å²) >= 11 is 0. The number of esters is 1. The number of nitrogens with zero attached hydrogens (tertiary/aromatic N) is 1. The van der Waals surface area contributed by atoms with E-state index in [2.05, 4.69) is 5.16 Å². The van der Waals surface area contributed by atoms with Gasteiger partial charge < -0.3 is 9.57 Å². The number of hydrogen-bond donors (Lipinski definition) is 0. The fraction of sp³-hybridized carbons (Fsp3) is 0.818. The van der Waals surface area contributed by atoms with E-state index in [4.69, 9.17) is 9.57 Å². The van der Waals surface area contributed by atoms with E-state index in [0.717, 1.165) is 37.8 Å². The molecule has 2 unspecified atom stereocenters. The average molecular weight is 211 g/mol. The molecule has 0 aromatic rings. The monoisotopic (exact) mass is 211 g/mol. The van der Waals surface area contributed by atoms with E-state index < -0.39 is 5.60 Å². The average Bonchev–Trinajstić information content (AvgIpc) is 2.47. The van der Waals surface area contributed by atoms with Crippen molar-refractivity contribution in [2.75, 3.05) is 7.11 Å². The van der Waals surface area contributed by atoms with Crippen LogP contribution in [-0.2, 0) is 14.4 Å². The Morgan fingerprint density at radius 3 is 3.07 bits per heavy atom. The highest BCUT2D eigenvalue weighted by Gasteiger charge is 2.54. The highest BCUT2D eigenvalue weighted by atomic mass is 16.7. The molecule has 0 aromatic carbocycles. The lowest BCUT2D eigenvalue weighted by Gasteiger charge is -2.28. The normalized spacial score (nSPS) is 34.8. The lowest BCUT2D eigenvalue weighted by atomic mass is 9.81. The standard InChI is InChI=1S/C11H17NO3/c1-8-9-6-4-3-5-7-11(9,15-12-8)10(13)14-2/h9H,3-7H2,1-2H3. The van der Waals surface area contributed by atoms with Crippen LogP contribution < -0.4 is 0 Å². The lowest BCUT2D eigenvalue weighted by Crippen LogP contribution is -2.46. The van der Waals surface area contributed by atoms with Gasteiger partial charge in [0.25, 0.3) is 0 Å². The van der Waals surface area contributed by atoms with E-state index in [9.17, 15) is 4.79 Å². The van der Waals surface area contributed by atoms with Crippen LogP contribution >= 0.6 is 0 Å². The second-order valence-electron chi connectivity index (χ2n) is 4.36. The zero-order valence-corrected chi connectivity index (χ0v) is 9.28. The molecule has 2 rings (SSSR count). The highest BCUT2D eigenvalue weighted by Crippen LogP contribution is 2.41. The minimum Gasteiger partial charge on any atom is -0.466 e. The molecule has 4 nitrogen and oxygen atoms in total. The molecule has 0 bridgehead atoms. The summed E-state index contributed by atoms with van der Waals surface area (Å²) in [6, 6.07) is 0. The van der Waals surface area contributed by atoms with Crippen LogP contribution in [0.15, 0.2) is 5.16 Å².